The van der Waals surface area contributed by atoms with Gasteiger partial charge in [-0.2, -0.15) is 0 Å². The normalized spacial score (nSPS) is 18.0. The summed E-state index contributed by atoms with van der Waals surface area (Å²) in [6.07, 6.45) is 6.34. The summed E-state index contributed by atoms with van der Waals surface area (Å²) in [7, 11) is 0. The maximum absolute atomic E-state index is 13.3. The standard InChI is InChI=1S/C20H22FN5O/c21-14-5-6-15-18(24-27-19(15)11-14)12-25-7-9-26(10-8-25)20-16-3-1-2-4-17(16)22-13-23-20/h5-6,11,13H,1-4,7-10,12H2. The van der Waals surface area contributed by atoms with Crippen molar-refractivity contribution < 1.29 is 8.91 Å². The van der Waals surface area contributed by atoms with Gasteiger partial charge in [-0.05, 0) is 37.8 Å². The van der Waals surface area contributed by atoms with Gasteiger partial charge in [0.15, 0.2) is 5.58 Å². The van der Waals surface area contributed by atoms with Crippen LogP contribution in [0.2, 0.25) is 0 Å². The maximum Gasteiger partial charge on any atom is 0.170 e. The first-order chi connectivity index (χ1) is 13.3. The number of hydrogen-bond acceptors (Lipinski definition) is 6. The van der Waals surface area contributed by atoms with Crippen molar-refractivity contribution in [3.8, 4) is 0 Å². The van der Waals surface area contributed by atoms with E-state index < -0.39 is 0 Å². The molecule has 140 valence electrons. The molecular formula is C20H22FN5O. The Morgan fingerprint density at radius 1 is 1.04 bits per heavy atom. The first-order valence-electron chi connectivity index (χ1n) is 9.62. The first kappa shape index (κ1) is 16.6. The predicted molar refractivity (Wildman–Crippen MR) is 100 cm³/mol. The van der Waals surface area contributed by atoms with E-state index in [1.54, 1.807) is 12.4 Å². The molecule has 0 atom stereocenters. The van der Waals surface area contributed by atoms with E-state index >= 15 is 0 Å². The Kier molecular flexibility index (Phi) is 4.24. The van der Waals surface area contributed by atoms with Crippen molar-refractivity contribution in [2.75, 3.05) is 31.1 Å². The van der Waals surface area contributed by atoms with Gasteiger partial charge in [0.05, 0.1) is 0 Å². The van der Waals surface area contributed by atoms with Crippen molar-refractivity contribution in [1.29, 1.82) is 0 Å². The molecule has 3 heterocycles. The zero-order valence-corrected chi connectivity index (χ0v) is 15.2. The summed E-state index contributed by atoms with van der Waals surface area (Å²) in [5, 5.41) is 5.04. The number of hydrogen-bond donors (Lipinski definition) is 0. The van der Waals surface area contributed by atoms with Crippen LogP contribution in [0.25, 0.3) is 11.0 Å². The monoisotopic (exact) mass is 367 g/mol. The summed E-state index contributed by atoms with van der Waals surface area (Å²) < 4.78 is 18.6. The second kappa shape index (κ2) is 6.88. The highest BCUT2D eigenvalue weighted by Crippen LogP contribution is 2.28. The molecule has 0 saturated carbocycles. The van der Waals surface area contributed by atoms with Crippen LogP contribution < -0.4 is 4.90 Å². The third-order valence-electron chi connectivity index (χ3n) is 5.66. The molecule has 7 heteroatoms. The molecular weight excluding hydrogens is 345 g/mol. The van der Waals surface area contributed by atoms with Crippen molar-refractivity contribution in [2.45, 2.75) is 32.2 Å². The van der Waals surface area contributed by atoms with Crippen LogP contribution >= 0.6 is 0 Å². The molecule has 2 aliphatic rings. The lowest BCUT2D eigenvalue weighted by molar-refractivity contribution is 0.242. The van der Waals surface area contributed by atoms with E-state index in [1.807, 2.05) is 0 Å². The van der Waals surface area contributed by atoms with E-state index in [0.717, 1.165) is 55.9 Å². The third kappa shape index (κ3) is 3.16. The third-order valence-corrected chi connectivity index (χ3v) is 5.66. The summed E-state index contributed by atoms with van der Waals surface area (Å²) in [4.78, 5) is 13.8. The molecule has 6 nitrogen and oxygen atoms in total. The number of rotatable bonds is 3. The SMILES string of the molecule is Fc1ccc2c(CN3CCN(c4ncnc5c4CCCC5)CC3)noc2c1. The van der Waals surface area contributed by atoms with Gasteiger partial charge in [0.2, 0.25) is 0 Å². The highest BCUT2D eigenvalue weighted by molar-refractivity contribution is 5.79. The molecule has 1 fully saturated rings. The Morgan fingerprint density at radius 2 is 1.89 bits per heavy atom. The highest BCUT2D eigenvalue weighted by atomic mass is 19.1. The number of anilines is 1. The number of aryl methyl sites for hydroxylation is 1. The number of piperazine rings is 1. The van der Waals surface area contributed by atoms with Crippen molar-refractivity contribution in [1.82, 2.24) is 20.0 Å². The minimum Gasteiger partial charge on any atom is -0.356 e. The summed E-state index contributed by atoms with van der Waals surface area (Å²) in [5.41, 5.74) is 3.96. The smallest absolute Gasteiger partial charge is 0.170 e. The molecule has 0 amide bonds. The highest BCUT2D eigenvalue weighted by Gasteiger charge is 2.24. The van der Waals surface area contributed by atoms with Crippen LogP contribution in [-0.4, -0.2) is 46.2 Å². The van der Waals surface area contributed by atoms with E-state index in [1.165, 1.54) is 36.2 Å². The lowest BCUT2D eigenvalue weighted by Gasteiger charge is -2.36. The zero-order valence-electron chi connectivity index (χ0n) is 15.2. The lowest BCUT2D eigenvalue weighted by atomic mass is 9.96. The minimum atomic E-state index is -0.299. The van der Waals surface area contributed by atoms with Gasteiger partial charge in [-0.3, -0.25) is 4.90 Å². The molecule has 1 aromatic carbocycles. The number of aromatic nitrogens is 3. The summed E-state index contributed by atoms with van der Waals surface area (Å²) in [5.74, 6) is 0.828. The van der Waals surface area contributed by atoms with E-state index in [-0.39, 0.29) is 5.82 Å². The van der Waals surface area contributed by atoms with Gasteiger partial charge >= 0.3 is 0 Å². The summed E-state index contributed by atoms with van der Waals surface area (Å²) >= 11 is 0. The average Bonchev–Trinajstić information content (AvgIpc) is 3.10. The molecule has 0 unspecified atom stereocenters. The van der Waals surface area contributed by atoms with Crippen LogP contribution in [0.3, 0.4) is 0 Å². The van der Waals surface area contributed by atoms with Crippen molar-refractivity contribution in [3.63, 3.8) is 0 Å². The second-order valence-electron chi connectivity index (χ2n) is 7.36. The number of halogens is 1. The number of benzene rings is 1. The first-order valence-corrected chi connectivity index (χ1v) is 9.62. The Balaban J connectivity index is 1.28. The van der Waals surface area contributed by atoms with Crippen LogP contribution in [0.5, 0.6) is 0 Å². The zero-order chi connectivity index (χ0) is 18.2. The molecule has 1 aliphatic carbocycles. The van der Waals surface area contributed by atoms with Crippen molar-refractivity contribution in [3.05, 3.63) is 47.3 Å². The molecule has 0 spiro atoms. The van der Waals surface area contributed by atoms with E-state index in [2.05, 4.69) is 24.9 Å². The lowest BCUT2D eigenvalue weighted by Crippen LogP contribution is -2.46. The Hall–Kier alpha value is -2.54. The maximum atomic E-state index is 13.3. The van der Waals surface area contributed by atoms with Gasteiger partial charge in [0, 0.05) is 55.4 Å². The molecule has 0 N–H and O–H groups in total. The molecule has 0 radical (unpaired) electrons. The fraction of sp³-hybridized carbons (Fsp3) is 0.450. The quantitative estimate of drug-likeness (QED) is 0.709. The van der Waals surface area contributed by atoms with Gasteiger partial charge in [0.25, 0.3) is 0 Å². The molecule has 1 aliphatic heterocycles. The minimum absolute atomic E-state index is 0.299. The number of nitrogens with zero attached hydrogens (tertiary/aromatic N) is 5. The fourth-order valence-electron chi connectivity index (χ4n) is 4.18. The molecule has 3 aromatic rings. The second-order valence-corrected chi connectivity index (χ2v) is 7.36. The van der Waals surface area contributed by atoms with E-state index in [9.17, 15) is 4.39 Å². The topological polar surface area (TPSA) is 58.3 Å². The summed E-state index contributed by atoms with van der Waals surface area (Å²) in [6.45, 7) is 4.47. The van der Waals surface area contributed by atoms with Crippen molar-refractivity contribution in [2.24, 2.45) is 0 Å². The largest absolute Gasteiger partial charge is 0.356 e. The Morgan fingerprint density at radius 3 is 2.78 bits per heavy atom. The van der Waals surface area contributed by atoms with Gasteiger partial charge < -0.3 is 9.42 Å². The van der Waals surface area contributed by atoms with Crippen LogP contribution in [0.4, 0.5) is 10.2 Å². The van der Waals surface area contributed by atoms with Gasteiger partial charge in [0.1, 0.15) is 23.7 Å². The van der Waals surface area contributed by atoms with Gasteiger partial charge in [-0.1, -0.05) is 5.16 Å². The van der Waals surface area contributed by atoms with Gasteiger partial charge in [-0.25, -0.2) is 14.4 Å². The van der Waals surface area contributed by atoms with Gasteiger partial charge in [-0.15, -0.1) is 0 Å². The molecule has 2 aromatic heterocycles. The van der Waals surface area contributed by atoms with Crippen LogP contribution in [-0.2, 0) is 19.4 Å². The van der Waals surface area contributed by atoms with Crippen molar-refractivity contribution >= 4 is 16.8 Å². The molecule has 0 bridgehead atoms. The average molecular weight is 367 g/mol. The van der Waals surface area contributed by atoms with Crippen LogP contribution in [0.1, 0.15) is 29.8 Å². The molecule has 5 rings (SSSR count). The van der Waals surface area contributed by atoms with Crippen LogP contribution in [0.15, 0.2) is 29.0 Å². The fourth-order valence-corrected chi connectivity index (χ4v) is 4.18. The Labute approximate surface area is 157 Å². The molecule has 1 saturated heterocycles. The summed E-state index contributed by atoms with van der Waals surface area (Å²) in [6, 6.07) is 4.60. The van der Waals surface area contributed by atoms with E-state index in [0.29, 0.717) is 12.1 Å². The predicted octanol–water partition coefficient (Wildman–Crippen LogP) is 2.96. The van der Waals surface area contributed by atoms with Crippen LogP contribution in [0, 0.1) is 5.82 Å². The Bertz CT molecular complexity index is 964. The molecule has 27 heavy (non-hydrogen) atoms. The van der Waals surface area contributed by atoms with E-state index in [4.69, 9.17) is 4.52 Å². The number of fused-ring (bicyclic) bond motifs is 2.